The SMILES string of the molecule is O=C(c1ccccc1Cl)N1CCCC(CCCl)C1. The van der Waals surface area contributed by atoms with Crippen molar-refractivity contribution in [3.05, 3.63) is 34.9 Å². The third kappa shape index (κ3) is 3.18. The summed E-state index contributed by atoms with van der Waals surface area (Å²) in [4.78, 5) is 14.3. The lowest BCUT2D eigenvalue weighted by Gasteiger charge is -2.32. The average molecular weight is 286 g/mol. The van der Waals surface area contributed by atoms with E-state index < -0.39 is 0 Å². The van der Waals surface area contributed by atoms with Gasteiger partial charge in [0.05, 0.1) is 10.6 Å². The van der Waals surface area contributed by atoms with Gasteiger partial charge < -0.3 is 4.90 Å². The van der Waals surface area contributed by atoms with Crippen molar-refractivity contribution >= 4 is 29.1 Å². The zero-order valence-corrected chi connectivity index (χ0v) is 11.8. The van der Waals surface area contributed by atoms with Crippen molar-refractivity contribution < 1.29 is 4.79 Å². The van der Waals surface area contributed by atoms with Gasteiger partial charge >= 0.3 is 0 Å². The summed E-state index contributed by atoms with van der Waals surface area (Å²) >= 11 is 11.8. The van der Waals surface area contributed by atoms with E-state index in [1.807, 2.05) is 17.0 Å². The van der Waals surface area contributed by atoms with Gasteiger partial charge in [0.25, 0.3) is 5.91 Å². The molecule has 0 saturated carbocycles. The van der Waals surface area contributed by atoms with Gasteiger partial charge in [-0.25, -0.2) is 0 Å². The quantitative estimate of drug-likeness (QED) is 0.773. The van der Waals surface area contributed by atoms with Crippen LogP contribution in [0.25, 0.3) is 0 Å². The Morgan fingerprint density at radius 2 is 2.17 bits per heavy atom. The van der Waals surface area contributed by atoms with Gasteiger partial charge in [-0.3, -0.25) is 4.79 Å². The van der Waals surface area contributed by atoms with E-state index in [2.05, 4.69) is 0 Å². The molecule has 1 unspecified atom stereocenters. The molecule has 1 aliphatic rings. The Labute approximate surface area is 118 Å². The van der Waals surface area contributed by atoms with E-state index in [-0.39, 0.29) is 5.91 Å². The van der Waals surface area contributed by atoms with Crippen LogP contribution in [-0.2, 0) is 0 Å². The molecule has 0 radical (unpaired) electrons. The number of carbonyl (C=O) groups excluding carboxylic acids is 1. The molecule has 2 nitrogen and oxygen atoms in total. The molecule has 1 heterocycles. The Morgan fingerprint density at radius 1 is 1.39 bits per heavy atom. The maximum absolute atomic E-state index is 12.4. The molecule has 1 saturated heterocycles. The molecule has 0 aliphatic carbocycles. The van der Waals surface area contributed by atoms with E-state index in [0.717, 1.165) is 25.9 Å². The highest BCUT2D eigenvalue weighted by Gasteiger charge is 2.24. The highest BCUT2D eigenvalue weighted by molar-refractivity contribution is 6.33. The van der Waals surface area contributed by atoms with Gasteiger partial charge in [0.2, 0.25) is 0 Å². The maximum atomic E-state index is 12.4. The number of carbonyl (C=O) groups is 1. The lowest BCUT2D eigenvalue weighted by Crippen LogP contribution is -2.40. The van der Waals surface area contributed by atoms with Crippen LogP contribution >= 0.6 is 23.2 Å². The van der Waals surface area contributed by atoms with Gasteiger partial charge in [0.15, 0.2) is 0 Å². The Morgan fingerprint density at radius 3 is 2.89 bits per heavy atom. The number of piperidine rings is 1. The summed E-state index contributed by atoms with van der Waals surface area (Å²) in [5.74, 6) is 1.24. The minimum absolute atomic E-state index is 0.0415. The Hall–Kier alpha value is -0.730. The number of hydrogen-bond donors (Lipinski definition) is 0. The van der Waals surface area contributed by atoms with Crippen LogP contribution < -0.4 is 0 Å². The van der Waals surface area contributed by atoms with E-state index >= 15 is 0 Å². The van der Waals surface area contributed by atoms with Gasteiger partial charge in [-0.1, -0.05) is 23.7 Å². The zero-order chi connectivity index (χ0) is 13.0. The highest BCUT2D eigenvalue weighted by atomic mass is 35.5. The van der Waals surface area contributed by atoms with Gasteiger partial charge in [-0.2, -0.15) is 0 Å². The van der Waals surface area contributed by atoms with E-state index in [4.69, 9.17) is 23.2 Å². The third-order valence-corrected chi connectivity index (χ3v) is 3.98. The molecule has 18 heavy (non-hydrogen) atoms. The number of rotatable bonds is 3. The number of alkyl halides is 1. The van der Waals surface area contributed by atoms with Crippen LogP contribution in [0.15, 0.2) is 24.3 Å². The van der Waals surface area contributed by atoms with Crippen LogP contribution in [-0.4, -0.2) is 29.8 Å². The molecule has 1 aliphatic heterocycles. The monoisotopic (exact) mass is 285 g/mol. The molecule has 1 aromatic carbocycles. The van der Waals surface area contributed by atoms with Crippen LogP contribution in [0.2, 0.25) is 5.02 Å². The van der Waals surface area contributed by atoms with Gasteiger partial charge in [-0.05, 0) is 37.3 Å². The topological polar surface area (TPSA) is 20.3 Å². The van der Waals surface area contributed by atoms with Crippen molar-refractivity contribution in [1.82, 2.24) is 4.90 Å². The normalized spacial score (nSPS) is 19.9. The average Bonchev–Trinajstić information content (AvgIpc) is 2.39. The van der Waals surface area contributed by atoms with Gasteiger partial charge in [0, 0.05) is 19.0 Å². The first-order chi connectivity index (χ1) is 8.72. The lowest BCUT2D eigenvalue weighted by atomic mass is 9.95. The fourth-order valence-electron chi connectivity index (χ4n) is 2.44. The molecule has 2 rings (SSSR count). The van der Waals surface area contributed by atoms with E-state index in [0.29, 0.717) is 22.4 Å². The second kappa shape index (κ2) is 6.44. The van der Waals surface area contributed by atoms with Crippen molar-refractivity contribution in [3.63, 3.8) is 0 Å². The van der Waals surface area contributed by atoms with Crippen molar-refractivity contribution in [3.8, 4) is 0 Å². The summed E-state index contributed by atoms with van der Waals surface area (Å²) < 4.78 is 0. The first-order valence-corrected chi connectivity index (χ1v) is 7.23. The summed E-state index contributed by atoms with van der Waals surface area (Å²) in [6.07, 6.45) is 3.20. The molecule has 1 aromatic rings. The number of hydrogen-bond acceptors (Lipinski definition) is 1. The molecule has 98 valence electrons. The van der Waals surface area contributed by atoms with Crippen molar-refractivity contribution in [2.75, 3.05) is 19.0 Å². The molecule has 0 spiro atoms. The van der Waals surface area contributed by atoms with Crippen LogP contribution in [0.4, 0.5) is 0 Å². The van der Waals surface area contributed by atoms with E-state index in [1.165, 1.54) is 6.42 Å². The summed E-state index contributed by atoms with van der Waals surface area (Å²) in [6, 6.07) is 7.23. The maximum Gasteiger partial charge on any atom is 0.255 e. The lowest BCUT2D eigenvalue weighted by molar-refractivity contribution is 0.0672. The number of benzene rings is 1. The molecule has 0 bridgehead atoms. The predicted molar refractivity (Wildman–Crippen MR) is 75.4 cm³/mol. The van der Waals surface area contributed by atoms with Crippen molar-refractivity contribution in [2.24, 2.45) is 5.92 Å². The molecule has 1 amide bonds. The first kappa shape index (κ1) is 13.7. The number of halogens is 2. The molecule has 1 fully saturated rings. The van der Waals surface area contributed by atoms with Crippen molar-refractivity contribution in [1.29, 1.82) is 0 Å². The fraction of sp³-hybridized carbons (Fsp3) is 0.500. The highest BCUT2D eigenvalue weighted by Crippen LogP contribution is 2.23. The Balaban J connectivity index is 2.07. The van der Waals surface area contributed by atoms with Crippen LogP contribution in [0.3, 0.4) is 0 Å². The molecule has 4 heteroatoms. The standard InChI is InChI=1S/C14H17Cl2NO/c15-8-7-11-4-3-9-17(10-11)14(18)12-5-1-2-6-13(12)16/h1-2,5-6,11H,3-4,7-10H2. The smallest absolute Gasteiger partial charge is 0.255 e. The Bertz CT molecular complexity index is 420. The zero-order valence-electron chi connectivity index (χ0n) is 10.2. The predicted octanol–water partition coefficient (Wildman–Crippen LogP) is 3.82. The van der Waals surface area contributed by atoms with Crippen molar-refractivity contribution in [2.45, 2.75) is 19.3 Å². The number of nitrogens with zero attached hydrogens (tertiary/aromatic N) is 1. The molecule has 1 atom stereocenters. The van der Waals surface area contributed by atoms with Crippen LogP contribution in [0, 0.1) is 5.92 Å². The van der Waals surface area contributed by atoms with Crippen LogP contribution in [0.1, 0.15) is 29.6 Å². The largest absolute Gasteiger partial charge is 0.338 e. The van der Waals surface area contributed by atoms with E-state index in [1.54, 1.807) is 12.1 Å². The Kier molecular flexibility index (Phi) is 4.90. The minimum Gasteiger partial charge on any atom is -0.338 e. The summed E-state index contributed by atoms with van der Waals surface area (Å²) in [6.45, 7) is 1.62. The summed E-state index contributed by atoms with van der Waals surface area (Å²) in [7, 11) is 0. The fourth-order valence-corrected chi connectivity index (χ4v) is 2.97. The number of likely N-dealkylation sites (tertiary alicyclic amines) is 1. The van der Waals surface area contributed by atoms with Gasteiger partial charge in [0.1, 0.15) is 0 Å². The second-order valence-electron chi connectivity index (χ2n) is 4.72. The first-order valence-electron chi connectivity index (χ1n) is 6.32. The second-order valence-corrected chi connectivity index (χ2v) is 5.50. The summed E-state index contributed by atoms with van der Waals surface area (Å²) in [5, 5.41) is 0.530. The third-order valence-electron chi connectivity index (χ3n) is 3.43. The molecule has 0 aromatic heterocycles. The minimum atomic E-state index is 0.0415. The number of amides is 1. The van der Waals surface area contributed by atoms with Gasteiger partial charge in [-0.15, -0.1) is 11.6 Å². The molecular formula is C14H17Cl2NO. The molecule has 0 N–H and O–H groups in total. The summed E-state index contributed by atoms with van der Waals surface area (Å²) in [5.41, 5.74) is 0.602. The van der Waals surface area contributed by atoms with Crippen LogP contribution in [0.5, 0.6) is 0 Å². The molecular weight excluding hydrogens is 269 g/mol. The van der Waals surface area contributed by atoms with E-state index in [9.17, 15) is 4.79 Å².